The minimum Gasteiger partial charge on any atom is -0.497 e. The number of hydrogen-bond donors (Lipinski definition) is 1. The van der Waals surface area contributed by atoms with Crippen LogP contribution in [0.1, 0.15) is 39.2 Å². The molecule has 168 valence electrons. The van der Waals surface area contributed by atoms with Crippen molar-refractivity contribution in [3.63, 3.8) is 0 Å². The number of aromatic nitrogens is 1. The average molecular weight is 444 g/mol. The molecule has 0 fully saturated rings. The summed E-state index contributed by atoms with van der Waals surface area (Å²) in [6, 6.07) is 18.9. The molecule has 1 atom stereocenters. The molecule has 0 radical (unpaired) electrons. The molecule has 0 saturated heterocycles. The molecule has 0 bridgehead atoms. The Kier molecular flexibility index (Phi) is 5.17. The summed E-state index contributed by atoms with van der Waals surface area (Å²) in [6.07, 6.45) is 0. The summed E-state index contributed by atoms with van der Waals surface area (Å²) in [5.41, 5.74) is 3.46. The molecule has 3 heterocycles. The van der Waals surface area contributed by atoms with Crippen molar-refractivity contribution in [1.29, 1.82) is 0 Å². The third-order valence-corrected chi connectivity index (χ3v) is 6.20. The van der Waals surface area contributed by atoms with Gasteiger partial charge in [-0.3, -0.25) is 9.59 Å². The molecule has 2 amide bonds. The van der Waals surface area contributed by atoms with Crippen LogP contribution in [0, 0.1) is 6.92 Å². The fourth-order valence-corrected chi connectivity index (χ4v) is 4.64. The van der Waals surface area contributed by atoms with Crippen molar-refractivity contribution in [3.05, 3.63) is 89.0 Å². The second-order valence-electron chi connectivity index (χ2n) is 8.24. The van der Waals surface area contributed by atoms with E-state index >= 15 is 0 Å². The van der Waals surface area contributed by atoms with Gasteiger partial charge in [0.25, 0.3) is 5.91 Å². The Balaban J connectivity index is 1.50. The number of rotatable bonds is 6. The van der Waals surface area contributed by atoms with Crippen LogP contribution in [0.2, 0.25) is 0 Å². The molecule has 33 heavy (non-hydrogen) atoms. The van der Waals surface area contributed by atoms with Crippen LogP contribution in [0.15, 0.2) is 65.1 Å². The zero-order chi connectivity index (χ0) is 23.1. The Morgan fingerprint density at radius 2 is 1.85 bits per heavy atom. The van der Waals surface area contributed by atoms with Crippen LogP contribution in [0.25, 0.3) is 10.9 Å². The molecule has 1 unspecified atom stereocenters. The predicted molar refractivity (Wildman–Crippen MR) is 124 cm³/mol. The van der Waals surface area contributed by atoms with Crippen molar-refractivity contribution in [1.82, 2.24) is 14.8 Å². The molecule has 1 aliphatic rings. The molecule has 0 spiro atoms. The first-order valence-electron chi connectivity index (χ1n) is 10.8. The van der Waals surface area contributed by atoms with Crippen LogP contribution in [0.5, 0.6) is 5.75 Å². The molecule has 2 aromatic heterocycles. The van der Waals surface area contributed by atoms with E-state index in [4.69, 9.17) is 9.15 Å². The van der Waals surface area contributed by atoms with E-state index in [1.165, 1.54) is 0 Å². The standard InChI is InChI=1S/C26H25N3O4/c1-16-8-11-19(33-16)14-27-22(30)15-29-24(17-9-12-18(32-3)13-10-17)23-20-6-4-5-7-21(20)28(2)25(23)26(29)31/h4-13,24H,14-15H2,1-3H3,(H,27,30). The SMILES string of the molecule is COc1ccc(C2c3c(n(C)c4ccccc34)C(=O)N2CC(=O)NCc2ccc(C)o2)cc1. The molecule has 0 aliphatic carbocycles. The number of aryl methyl sites for hydroxylation is 2. The Bertz CT molecular complexity index is 1350. The Labute approximate surface area is 191 Å². The van der Waals surface area contributed by atoms with Crippen molar-refractivity contribution in [2.45, 2.75) is 19.5 Å². The number of nitrogens with one attached hydrogen (secondary N) is 1. The normalized spacial score (nSPS) is 15.2. The lowest BCUT2D eigenvalue weighted by Gasteiger charge is -2.26. The first-order chi connectivity index (χ1) is 16.0. The number of carbonyl (C=O) groups excluding carboxylic acids is 2. The molecule has 1 N–H and O–H groups in total. The first kappa shape index (κ1) is 20.9. The number of furan rings is 1. The predicted octanol–water partition coefficient (Wildman–Crippen LogP) is 3.95. The highest BCUT2D eigenvalue weighted by atomic mass is 16.5. The minimum atomic E-state index is -0.374. The van der Waals surface area contributed by atoms with E-state index in [0.717, 1.165) is 33.5 Å². The lowest BCUT2D eigenvalue weighted by molar-refractivity contribution is -0.122. The number of fused-ring (bicyclic) bond motifs is 3. The van der Waals surface area contributed by atoms with Crippen LogP contribution >= 0.6 is 0 Å². The number of hydrogen-bond acceptors (Lipinski definition) is 4. The van der Waals surface area contributed by atoms with Gasteiger partial charge in [-0.1, -0.05) is 30.3 Å². The second-order valence-corrected chi connectivity index (χ2v) is 8.24. The van der Waals surface area contributed by atoms with E-state index in [0.29, 0.717) is 11.5 Å². The van der Waals surface area contributed by atoms with E-state index in [1.54, 1.807) is 12.0 Å². The van der Waals surface area contributed by atoms with Crippen LogP contribution in [-0.4, -0.2) is 34.9 Å². The Morgan fingerprint density at radius 1 is 1.09 bits per heavy atom. The largest absolute Gasteiger partial charge is 0.497 e. The quantitative estimate of drug-likeness (QED) is 0.490. The summed E-state index contributed by atoms with van der Waals surface area (Å²) in [5, 5.41) is 3.88. The fourth-order valence-electron chi connectivity index (χ4n) is 4.64. The van der Waals surface area contributed by atoms with Gasteiger partial charge in [0.15, 0.2) is 0 Å². The number of nitrogens with zero attached hydrogens (tertiary/aromatic N) is 2. The molecular weight excluding hydrogens is 418 g/mol. The highest BCUT2D eigenvalue weighted by Crippen LogP contribution is 2.43. The Morgan fingerprint density at radius 3 is 2.55 bits per heavy atom. The smallest absolute Gasteiger partial charge is 0.272 e. The lowest BCUT2D eigenvalue weighted by Crippen LogP contribution is -2.39. The number of benzene rings is 2. The average Bonchev–Trinajstić information content (AvgIpc) is 3.46. The first-order valence-corrected chi connectivity index (χ1v) is 10.8. The van der Waals surface area contributed by atoms with E-state index in [9.17, 15) is 9.59 Å². The van der Waals surface area contributed by atoms with Crippen molar-refractivity contribution >= 4 is 22.7 Å². The zero-order valence-corrected chi connectivity index (χ0v) is 18.8. The van der Waals surface area contributed by atoms with Crippen molar-refractivity contribution in [3.8, 4) is 5.75 Å². The number of ether oxygens (including phenoxy) is 1. The zero-order valence-electron chi connectivity index (χ0n) is 18.8. The summed E-state index contributed by atoms with van der Waals surface area (Å²) in [4.78, 5) is 28.1. The van der Waals surface area contributed by atoms with Gasteiger partial charge in [0.2, 0.25) is 5.91 Å². The van der Waals surface area contributed by atoms with E-state index in [2.05, 4.69) is 5.32 Å². The molecule has 4 aromatic rings. The third-order valence-electron chi connectivity index (χ3n) is 6.20. The van der Waals surface area contributed by atoms with Crippen LogP contribution in [-0.2, 0) is 18.4 Å². The van der Waals surface area contributed by atoms with Crippen molar-refractivity contribution < 1.29 is 18.7 Å². The van der Waals surface area contributed by atoms with Crippen LogP contribution < -0.4 is 10.1 Å². The molecule has 2 aromatic carbocycles. The molecule has 7 nitrogen and oxygen atoms in total. The van der Waals surface area contributed by atoms with Crippen LogP contribution in [0.4, 0.5) is 0 Å². The van der Waals surface area contributed by atoms with Gasteiger partial charge in [-0.15, -0.1) is 0 Å². The maximum Gasteiger partial charge on any atom is 0.272 e. The van der Waals surface area contributed by atoms with E-state index < -0.39 is 0 Å². The van der Waals surface area contributed by atoms with Crippen molar-refractivity contribution in [2.75, 3.05) is 13.7 Å². The van der Waals surface area contributed by atoms with Gasteiger partial charge in [-0.25, -0.2) is 0 Å². The number of amides is 2. The third kappa shape index (κ3) is 3.55. The van der Waals surface area contributed by atoms with Gasteiger partial charge in [0.05, 0.1) is 19.7 Å². The molecule has 7 heteroatoms. The summed E-state index contributed by atoms with van der Waals surface area (Å²) in [7, 11) is 3.51. The van der Waals surface area contributed by atoms with E-state index in [1.807, 2.05) is 79.2 Å². The highest BCUT2D eigenvalue weighted by molar-refractivity contribution is 6.07. The molecule has 1 aliphatic heterocycles. The number of para-hydroxylation sites is 1. The Hall–Kier alpha value is -4.00. The topological polar surface area (TPSA) is 76.7 Å². The molecule has 5 rings (SSSR count). The van der Waals surface area contributed by atoms with Gasteiger partial charge in [0.1, 0.15) is 29.5 Å². The van der Waals surface area contributed by atoms with E-state index in [-0.39, 0.29) is 30.9 Å². The van der Waals surface area contributed by atoms with Crippen LogP contribution in [0.3, 0.4) is 0 Å². The molecule has 0 saturated carbocycles. The minimum absolute atomic E-state index is 0.0573. The van der Waals surface area contributed by atoms with Gasteiger partial charge < -0.3 is 23.9 Å². The second kappa shape index (κ2) is 8.16. The van der Waals surface area contributed by atoms with Gasteiger partial charge in [0, 0.05) is 23.5 Å². The summed E-state index contributed by atoms with van der Waals surface area (Å²) in [5.74, 6) is 1.80. The molecular formula is C26H25N3O4. The van der Waals surface area contributed by atoms with Gasteiger partial charge in [-0.2, -0.15) is 0 Å². The maximum absolute atomic E-state index is 13.6. The maximum atomic E-state index is 13.6. The summed E-state index contributed by atoms with van der Waals surface area (Å²) in [6.45, 7) is 2.07. The highest BCUT2D eigenvalue weighted by Gasteiger charge is 2.42. The summed E-state index contributed by atoms with van der Waals surface area (Å²) >= 11 is 0. The number of methoxy groups -OCH3 is 1. The lowest BCUT2D eigenvalue weighted by atomic mass is 9.98. The van der Waals surface area contributed by atoms with Gasteiger partial charge >= 0.3 is 0 Å². The fraction of sp³-hybridized carbons (Fsp3) is 0.231. The number of carbonyl (C=O) groups is 2. The van der Waals surface area contributed by atoms with Crippen molar-refractivity contribution in [2.24, 2.45) is 7.05 Å². The van der Waals surface area contributed by atoms with Gasteiger partial charge in [-0.05, 0) is 42.8 Å². The summed E-state index contributed by atoms with van der Waals surface area (Å²) < 4.78 is 12.8. The monoisotopic (exact) mass is 443 g/mol.